The highest BCUT2D eigenvalue weighted by molar-refractivity contribution is 5.89. The lowest BCUT2D eigenvalue weighted by Gasteiger charge is -2.04. The molecule has 0 aliphatic heterocycles. The SMILES string of the molecule is CCOc1cc(C(=O)O)ccc1[N+](=O)[O-].O=C(O)c1ccc([N+](=O)[O-])c(F)c1. The molecule has 0 bridgehead atoms. The fourth-order valence-electron chi connectivity index (χ4n) is 1.86. The van der Waals surface area contributed by atoms with E-state index in [0.29, 0.717) is 6.07 Å². The minimum atomic E-state index is -1.33. The van der Waals surface area contributed by atoms with Crippen LogP contribution in [0.1, 0.15) is 27.6 Å². The number of nitro groups is 2. The van der Waals surface area contributed by atoms with E-state index in [1.807, 2.05) is 0 Å². The highest BCUT2D eigenvalue weighted by atomic mass is 19.1. The second-order valence-corrected chi connectivity index (χ2v) is 4.91. The maximum Gasteiger partial charge on any atom is 0.335 e. The maximum atomic E-state index is 12.8. The Kier molecular flexibility index (Phi) is 7.50. The van der Waals surface area contributed by atoms with Crippen LogP contribution in [-0.4, -0.2) is 38.6 Å². The highest BCUT2D eigenvalue weighted by Gasteiger charge is 2.17. The molecule has 0 unspecified atom stereocenters. The molecule has 12 heteroatoms. The largest absolute Gasteiger partial charge is 0.487 e. The van der Waals surface area contributed by atoms with Gasteiger partial charge in [-0.05, 0) is 25.1 Å². The Morgan fingerprint density at radius 1 is 0.964 bits per heavy atom. The second-order valence-electron chi connectivity index (χ2n) is 4.91. The monoisotopic (exact) mass is 396 g/mol. The van der Waals surface area contributed by atoms with Gasteiger partial charge in [-0.2, -0.15) is 4.39 Å². The summed E-state index contributed by atoms with van der Waals surface area (Å²) in [7, 11) is 0. The van der Waals surface area contributed by atoms with E-state index in [1.165, 1.54) is 6.07 Å². The molecule has 148 valence electrons. The average molecular weight is 396 g/mol. The van der Waals surface area contributed by atoms with Gasteiger partial charge in [0.25, 0.3) is 0 Å². The molecule has 0 saturated carbocycles. The van der Waals surface area contributed by atoms with E-state index in [0.717, 1.165) is 24.3 Å². The molecule has 0 spiro atoms. The van der Waals surface area contributed by atoms with Gasteiger partial charge < -0.3 is 14.9 Å². The van der Waals surface area contributed by atoms with E-state index in [2.05, 4.69) is 0 Å². The summed E-state index contributed by atoms with van der Waals surface area (Å²) < 4.78 is 17.7. The van der Waals surface area contributed by atoms with Crippen LogP contribution in [-0.2, 0) is 0 Å². The van der Waals surface area contributed by atoms with Crippen LogP contribution in [0, 0.1) is 26.0 Å². The van der Waals surface area contributed by atoms with Gasteiger partial charge in [-0.3, -0.25) is 20.2 Å². The molecular weight excluding hydrogens is 383 g/mol. The zero-order valence-corrected chi connectivity index (χ0v) is 14.2. The van der Waals surface area contributed by atoms with E-state index >= 15 is 0 Å². The summed E-state index contributed by atoms with van der Waals surface area (Å²) in [4.78, 5) is 40.1. The minimum absolute atomic E-state index is 0.0256. The van der Waals surface area contributed by atoms with Crippen molar-refractivity contribution in [1.82, 2.24) is 0 Å². The first-order valence-electron chi connectivity index (χ1n) is 7.40. The van der Waals surface area contributed by atoms with Gasteiger partial charge >= 0.3 is 23.3 Å². The molecule has 0 radical (unpaired) electrons. The summed E-state index contributed by atoms with van der Waals surface area (Å²) in [5.41, 5.74) is -1.32. The third-order valence-electron chi connectivity index (χ3n) is 3.09. The molecule has 2 rings (SSSR count). The minimum Gasteiger partial charge on any atom is -0.487 e. The van der Waals surface area contributed by atoms with E-state index < -0.39 is 33.3 Å². The molecule has 2 aromatic rings. The van der Waals surface area contributed by atoms with Gasteiger partial charge in [-0.15, -0.1) is 0 Å². The number of hydrogen-bond donors (Lipinski definition) is 2. The van der Waals surface area contributed by atoms with Crippen LogP contribution in [0.4, 0.5) is 15.8 Å². The maximum absolute atomic E-state index is 12.8. The Balaban J connectivity index is 0.000000283. The Bertz CT molecular complexity index is 930. The van der Waals surface area contributed by atoms with Gasteiger partial charge in [0.05, 0.1) is 27.6 Å². The number of carboxylic acids is 2. The average Bonchev–Trinajstić information content (AvgIpc) is 2.61. The van der Waals surface area contributed by atoms with Crippen molar-refractivity contribution in [3.05, 3.63) is 73.6 Å². The molecule has 0 aromatic heterocycles. The normalized spacial score (nSPS) is 9.64. The third kappa shape index (κ3) is 5.72. The van der Waals surface area contributed by atoms with Gasteiger partial charge in [-0.1, -0.05) is 0 Å². The topological polar surface area (TPSA) is 170 Å². The number of rotatable bonds is 6. The number of carbonyl (C=O) groups is 2. The number of benzene rings is 2. The van der Waals surface area contributed by atoms with Crippen molar-refractivity contribution in [1.29, 1.82) is 0 Å². The fraction of sp³-hybridized carbons (Fsp3) is 0.125. The molecule has 2 N–H and O–H groups in total. The Labute approximate surface area is 155 Å². The van der Waals surface area contributed by atoms with Crippen LogP contribution < -0.4 is 4.74 Å². The fourth-order valence-corrected chi connectivity index (χ4v) is 1.86. The summed E-state index contributed by atoms with van der Waals surface area (Å²) in [6.45, 7) is 1.90. The van der Waals surface area contributed by atoms with Gasteiger partial charge in [0.2, 0.25) is 5.82 Å². The van der Waals surface area contributed by atoms with Crippen LogP contribution >= 0.6 is 0 Å². The third-order valence-corrected chi connectivity index (χ3v) is 3.09. The number of hydrogen-bond acceptors (Lipinski definition) is 7. The second kappa shape index (κ2) is 9.56. The van der Waals surface area contributed by atoms with Gasteiger partial charge in [-0.25, -0.2) is 9.59 Å². The molecular formula is C16H13FN2O9. The first kappa shape index (κ1) is 22.0. The van der Waals surface area contributed by atoms with E-state index in [-0.39, 0.29) is 29.2 Å². The van der Waals surface area contributed by atoms with Crippen molar-refractivity contribution in [2.45, 2.75) is 6.92 Å². The highest BCUT2D eigenvalue weighted by Crippen LogP contribution is 2.27. The van der Waals surface area contributed by atoms with Gasteiger partial charge in [0.1, 0.15) is 0 Å². The van der Waals surface area contributed by atoms with E-state index in [4.69, 9.17) is 14.9 Å². The predicted octanol–water partition coefficient (Wildman–Crippen LogP) is 3.12. The van der Waals surface area contributed by atoms with E-state index in [1.54, 1.807) is 6.92 Å². The standard InChI is InChI=1S/C9H9NO5.C7H4FNO4/c1-2-15-8-5-6(9(11)12)3-4-7(8)10(13)14;8-5-3-4(7(10)11)1-2-6(5)9(12)13/h3-5H,2H2,1H3,(H,11,12);1-3H,(H,10,11). The predicted molar refractivity (Wildman–Crippen MR) is 91.2 cm³/mol. The van der Waals surface area contributed by atoms with Crippen LogP contribution in [0.3, 0.4) is 0 Å². The Morgan fingerprint density at radius 3 is 1.82 bits per heavy atom. The van der Waals surface area contributed by atoms with Crippen molar-refractivity contribution < 1.29 is 38.8 Å². The number of carboxylic acid groups (broad SMARTS) is 2. The molecule has 28 heavy (non-hydrogen) atoms. The smallest absolute Gasteiger partial charge is 0.335 e. The van der Waals surface area contributed by atoms with Gasteiger partial charge in [0.15, 0.2) is 5.75 Å². The molecule has 0 aliphatic carbocycles. The zero-order chi connectivity index (χ0) is 21.4. The number of halogens is 1. The number of nitro benzene ring substituents is 2. The summed E-state index contributed by atoms with van der Waals surface area (Å²) >= 11 is 0. The number of aromatic carboxylic acids is 2. The van der Waals surface area contributed by atoms with E-state index in [9.17, 15) is 34.2 Å². The van der Waals surface area contributed by atoms with Crippen molar-refractivity contribution >= 4 is 23.3 Å². The zero-order valence-electron chi connectivity index (χ0n) is 14.2. The Morgan fingerprint density at radius 2 is 1.43 bits per heavy atom. The van der Waals surface area contributed by atoms with Crippen LogP contribution in [0.25, 0.3) is 0 Å². The lowest BCUT2D eigenvalue weighted by Crippen LogP contribution is -2.01. The summed E-state index contributed by atoms with van der Waals surface area (Å²) in [5, 5.41) is 37.8. The van der Waals surface area contributed by atoms with Gasteiger partial charge in [0, 0.05) is 18.2 Å². The van der Waals surface area contributed by atoms with Crippen molar-refractivity contribution in [2.75, 3.05) is 6.61 Å². The molecule has 0 fully saturated rings. The molecule has 2 aromatic carbocycles. The van der Waals surface area contributed by atoms with Crippen LogP contribution in [0.5, 0.6) is 5.75 Å². The first-order chi connectivity index (χ1) is 13.1. The van der Waals surface area contributed by atoms with Crippen molar-refractivity contribution in [3.8, 4) is 5.75 Å². The molecule has 0 heterocycles. The number of nitrogens with zero attached hydrogens (tertiary/aromatic N) is 2. The summed E-state index contributed by atoms with van der Waals surface area (Å²) in [6, 6.07) is 5.84. The van der Waals surface area contributed by atoms with Crippen LogP contribution in [0.2, 0.25) is 0 Å². The molecule has 0 aliphatic rings. The first-order valence-corrected chi connectivity index (χ1v) is 7.40. The summed E-state index contributed by atoms with van der Waals surface area (Å²) in [6.07, 6.45) is 0. The summed E-state index contributed by atoms with van der Waals surface area (Å²) in [5.74, 6) is -3.65. The Hall–Kier alpha value is -4.09. The van der Waals surface area contributed by atoms with Crippen LogP contribution in [0.15, 0.2) is 36.4 Å². The lowest BCUT2D eigenvalue weighted by atomic mass is 10.2. The lowest BCUT2D eigenvalue weighted by molar-refractivity contribution is -0.387. The van der Waals surface area contributed by atoms with Crippen molar-refractivity contribution in [3.63, 3.8) is 0 Å². The molecule has 0 amide bonds. The van der Waals surface area contributed by atoms with Crippen molar-refractivity contribution in [2.24, 2.45) is 0 Å². The molecule has 0 atom stereocenters. The number of ether oxygens (including phenoxy) is 1. The molecule has 0 saturated heterocycles. The molecule has 11 nitrogen and oxygen atoms in total. The quantitative estimate of drug-likeness (QED) is 0.550.